The van der Waals surface area contributed by atoms with Crippen LogP contribution in [0.15, 0.2) is 192 Å². The maximum Gasteiger partial charge on any atom is 0.164 e. The first-order chi connectivity index (χ1) is 29.1. The molecule has 9 aromatic rings. The quantitative estimate of drug-likeness (QED) is 0.158. The number of rotatable bonds is 7. The minimum atomic E-state index is 0.311. The van der Waals surface area contributed by atoms with E-state index in [1.807, 2.05) is 72.8 Å². The monoisotopic (exact) mass is 774 g/mol. The fourth-order valence-corrected chi connectivity index (χ4v) is 7.87. The van der Waals surface area contributed by atoms with Gasteiger partial charge in [-0.15, -0.1) is 0 Å². The largest absolute Gasteiger partial charge is 0.299 e. The Kier molecular flexibility index (Phi) is 9.33. The van der Waals surface area contributed by atoms with Crippen LogP contribution in [0.3, 0.4) is 0 Å². The van der Waals surface area contributed by atoms with Crippen LogP contribution in [0.4, 0.5) is 0 Å². The standard InChI is InChI=1S/C52H34N6S/c53-45-30-29-44-47(49(45)58-59)43-28-27-41(32-46(43)54-48(44)37-15-8-3-9-16-37)40-17-10-18-42(31-40)52-56-50(38-23-19-35(20-24-38)33-11-4-1-5-12-33)55-51(57-52)39-25-21-36(22-26-39)34-13-6-2-7-14-34/h1-32,53,59H. The molecule has 2 aromatic heterocycles. The molecule has 7 heteroatoms. The summed E-state index contributed by atoms with van der Waals surface area (Å²) in [5.74, 6) is 1.76. The summed E-state index contributed by atoms with van der Waals surface area (Å²) in [5, 5.41) is 9.54. The van der Waals surface area contributed by atoms with Gasteiger partial charge in [0.2, 0.25) is 0 Å². The number of thiol groups is 1. The van der Waals surface area contributed by atoms with Gasteiger partial charge in [-0.1, -0.05) is 170 Å². The van der Waals surface area contributed by atoms with Crippen LogP contribution in [-0.2, 0) is 0 Å². The number of hydrogen-bond acceptors (Lipinski definition) is 7. The molecule has 0 saturated carbocycles. The van der Waals surface area contributed by atoms with Crippen molar-refractivity contribution < 1.29 is 0 Å². The lowest BCUT2D eigenvalue weighted by atomic mass is 9.87. The summed E-state index contributed by atoms with van der Waals surface area (Å²) in [6.07, 6.45) is 3.72. The van der Waals surface area contributed by atoms with Crippen molar-refractivity contribution in [1.82, 2.24) is 19.9 Å². The van der Waals surface area contributed by atoms with Crippen molar-refractivity contribution >= 4 is 41.2 Å². The van der Waals surface area contributed by atoms with Crippen molar-refractivity contribution in [3.8, 4) is 78.8 Å². The molecule has 1 N–H and O–H groups in total. The van der Waals surface area contributed by atoms with Gasteiger partial charge in [0.1, 0.15) is 5.71 Å². The zero-order chi connectivity index (χ0) is 39.7. The van der Waals surface area contributed by atoms with Crippen LogP contribution in [0, 0.1) is 5.41 Å². The molecular formula is C52H34N6S. The Bertz CT molecular complexity index is 2990. The summed E-state index contributed by atoms with van der Waals surface area (Å²) in [6, 6.07) is 62.1. The number of hydrogen-bond donors (Lipinski definition) is 2. The second-order valence-electron chi connectivity index (χ2n) is 14.3. The molecule has 0 aliphatic heterocycles. The van der Waals surface area contributed by atoms with Crippen molar-refractivity contribution in [3.63, 3.8) is 0 Å². The van der Waals surface area contributed by atoms with E-state index in [-0.39, 0.29) is 0 Å². The maximum atomic E-state index is 8.64. The second-order valence-corrected chi connectivity index (χ2v) is 14.5. The van der Waals surface area contributed by atoms with Gasteiger partial charge in [0.15, 0.2) is 17.5 Å². The maximum absolute atomic E-state index is 8.64. The summed E-state index contributed by atoms with van der Waals surface area (Å²) >= 11 is 4.29. The summed E-state index contributed by atoms with van der Waals surface area (Å²) in [6.45, 7) is 0. The van der Waals surface area contributed by atoms with Crippen LogP contribution in [0.5, 0.6) is 0 Å². The molecule has 6 nitrogen and oxygen atoms in total. The predicted octanol–water partition coefficient (Wildman–Crippen LogP) is 12.8. The van der Waals surface area contributed by atoms with E-state index in [0.717, 1.165) is 83.4 Å². The van der Waals surface area contributed by atoms with Gasteiger partial charge in [-0.2, -0.15) is 0 Å². The van der Waals surface area contributed by atoms with E-state index in [0.29, 0.717) is 28.9 Å². The summed E-state index contributed by atoms with van der Waals surface area (Å²) in [5.41, 5.74) is 14.4. The lowest BCUT2D eigenvalue weighted by Gasteiger charge is -2.20. The SMILES string of the molecule is N=C1C=Cc2c(-c3ccccc3)nc3cc(-c4cccc(-c5nc(-c6ccc(-c7ccccc7)cc6)nc(-c6ccc(-c7ccccc7)cc6)n5)c4)ccc3c2C1=NS. The van der Waals surface area contributed by atoms with Gasteiger partial charge in [0.05, 0.1) is 16.9 Å². The number of fused-ring (bicyclic) bond motifs is 3. The molecule has 0 fully saturated rings. The third-order valence-corrected chi connectivity index (χ3v) is 10.9. The fraction of sp³-hybridized carbons (Fsp3) is 0. The van der Waals surface area contributed by atoms with Crippen LogP contribution < -0.4 is 0 Å². The molecule has 1 aliphatic carbocycles. The highest BCUT2D eigenvalue weighted by atomic mass is 32.1. The summed E-state index contributed by atoms with van der Waals surface area (Å²) in [4.78, 5) is 20.4. The molecule has 0 spiro atoms. The summed E-state index contributed by atoms with van der Waals surface area (Å²) < 4.78 is 4.26. The molecule has 2 heterocycles. The van der Waals surface area contributed by atoms with Crippen LogP contribution in [0.25, 0.3) is 95.8 Å². The Balaban J connectivity index is 1.08. The lowest BCUT2D eigenvalue weighted by molar-refractivity contribution is 1.07. The van der Waals surface area contributed by atoms with Crippen molar-refractivity contribution in [3.05, 3.63) is 199 Å². The number of nitrogens with zero attached hydrogens (tertiary/aromatic N) is 5. The van der Waals surface area contributed by atoms with Gasteiger partial charge in [-0.3, -0.25) is 5.41 Å². The fourth-order valence-electron chi connectivity index (χ4n) is 7.66. The highest BCUT2D eigenvalue weighted by Gasteiger charge is 2.24. The normalized spacial score (nSPS) is 12.8. The van der Waals surface area contributed by atoms with Crippen molar-refractivity contribution in [1.29, 1.82) is 5.41 Å². The molecule has 0 bridgehead atoms. The van der Waals surface area contributed by atoms with Gasteiger partial charge in [-0.25, -0.2) is 24.3 Å². The van der Waals surface area contributed by atoms with E-state index < -0.39 is 0 Å². The Labute approximate surface area is 347 Å². The van der Waals surface area contributed by atoms with Gasteiger partial charge in [0.25, 0.3) is 0 Å². The summed E-state index contributed by atoms with van der Waals surface area (Å²) in [7, 11) is 0. The number of allylic oxidation sites excluding steroid dienone is 1. The molecule has 0 saturated heterocycles. The molecule has 0 radical (unpaired) electrons. The third kappa shape index (κ3) is 6.94. The topological polar surface area (TPSA) is 87.8 Å². The van der Waals surface area contributed by atoms with Gasteiger partial charge >= 0.3 is 0 Å². The highest BCUT2D eigenvalue weighted by molar-refractivity contribution is 7.79. The van der Waals surface area contributed by atoms with Crippen LogP contribution in [0.1, 0.15) is 11.1 Å². The van der Waals surface area contributed by atoms with E-state index in [9.17, 15) is 0 Å². The molecule has 0 amide bonds. The Morgan fingerprint density at radius 1 is 0.390 bits per heavy atom. The third-order valence-electron chi connectivity index (χ3n) is 10.7. The molecule has 0 unspecified atom stereocenters. The predicted molar refractivity (Wildman–Crippen MR) is 245 cm³/mol. The van der Waals surface area contributed by atoms with Gasteiger partial charge < -0.3 is 0 Å². The average Bonchev–Trinajstić information content (AvgIpc) is 3.32. The number of pyridine rings is 1. The second kappa shape index (κ2) is 15.4. The Morgan fingerprint density at radius 2 is 0.831 bits per heavy atom. The zero-order valence-corrected chi connectivity index (χ0v) is 32.6. The van der Waals surface area contributed by atoms with E-state index in [1.54, 1.807) is 6.08 Å². The molecular weight excluding hydrogens is 741 g/mol. The molecule has 59 heavy (non-hydrogen) atoms. The first kappa shape index (κ1) is 35.8. The number of benzene rings is 7. The van der Waals surface area contributed by atoms with Crippen molar-refractivity contribution in [2.24, 2.45) is 4.40 Å². The Hall–Kier alpha value is -7.61. The number of nitrogens with one attached hydrogen (secondary N) is 1. The van der Waals surface area contributed by atoms with Crippen LogP contribution in [0.2, 0.25) is 0 Å². The molecule has 278 valence electrons. The van der Waals surface area contributed by atoms with Gasteiger partial charge in [-0.05, 0) is 70.5 Å². The van der Waals surface area contributed by atoms with Crippen molar-refractivity contribution in [2.45, 2.75) is 0 Å². The molecule has 0 atom stereocenters. The van der Waals surface area contributed by atoms with Crippen molar-refractivity contribution in [2.75, 3.05) is 0 Å². The van der Waals surface area contributed by atoms with E-state index in [2.05, 4.69) is 132 Å². The zero-order valence-electron chi connectivity index (χ0n) is 31.7. The minimum Gasteiger partial charge on any atom is -0.299 e. The molecule has 1 aliphatic rings. The van der Waals surface area contributed by atoms with E-state index in [1.165, 1.54) is 0 Å². The smallest absolute Gasteiger partial charge is 0.164 e. The lowest BCUT2D eigenvalue weighted by Crippen LogP contribution is -2.18. The first-order valence-electron chi connectivity index (χ1n) is 19.3. The first-order valence-corrected chi connectivity index (χ1v) is 19.7. The molecule has 7 aromatic carbocycles. The van der Waals surface area contributed by atoms with E-state index in [4.69, 9.17) is 25.3 Å². The molecule has 10 rings (SSSR count). The average molecular weight is 775 g/mol. The number of aromatic nitrogens is 4. The highest BCUT2D eigenvalue weighted by Crippen LogP contribution is 2.37. The minimum absolute atomic E-state index is 0.311. The van der Waals surface area contributed by atoms with Crippen LogP contribution >= 0.6 is 12.8 Å². The van der Waals surface area contributed by atoms with E-state index >= 15 is 0 Å². The van der Waals surface area contributed by atoms with Gasteiger partial charge in [0, 0.05) is 38.8 Å². The van der Waals surface area contributed by atoms with Crippen LogP contribution in [-0.4, -0.2) is 31.4 Å². The Morgan fingerprint density at radius 3 is 1.39 bits per heavy atom.